The SMILES string of the molecule is COC(=O)c1ccc(C2CC(=O)NC3=C2C(=O)CC(c2ccc(F)cc2)C3)cc1. The summed E-state index contributed by atoms with van der Waals surface area (Å²) in [6, 6.07) is 13.0. The molecule has 2 unspecified atom stereocenters. The molecule has 1 aliphatic carbocycles. The van der Waals surface area contributed by atoms with Crippen LogP contribution in [0.3, 0.4) is 0 Å². The van der Waals surface area contributed by atoms with Crippen molar-refractivity contribution < 1.29 is 23.5 Å². The van der Waals surface area contributed by atoms with Crippen molar-refractivity contribution in [2.24, 2.45) is 0 Å². The number of ketones is 1. The van der Waals surface area contributed by atoms with E-state index in [0.29, 0.717) is 29.7 Å². The number of benzene rings is 2. The molecule has 29 heavy (non-hydrogen) atoms. The minimum absolute atomic E-state index is 0.0115. The topological polar surface area (TPSA) is 72.5 Å². The summed E-state index contributed by atoms with van der Waals surface area (Å²) in [6.07, 6.45) is 1.02. The molecule has 0 bridgehead atoms. The van der Waals surface area contributed by atoms with Crippen LogP contribution < -0.4 is 5.32 Å². The highest BCUT2D eigenvalue weighted by atomic mass is 19.1. The van der Waals surface area contributed by atoms with Gasteiger partial charge in [-0.05, 0) is 47.7 Å². The van der Waals surface area contributed by atoms with Crippen LogP contribution in [-0.4, -0.2) is 24.8 Å². The molecule has 1 amide bonds. The summed E-state index contributed by atoms with van der Waals surface area (Å²) in [5.41, 5.74) is 3.39. The van der Waals surface area contributed by atoms with Gasteiger partial charge >= 0.3 is 5.97 Å². The second-order valence-electron chi connectivity index (χ2n) is 7.39. The van der Waals surface area contributed by atoms with Gasteiger partial charge in [-0.15, -0.1) is 0 Å². The number of halogens is 1. The number of methoxy groups -OCH3 is 1. The Bertz CT molecular complexity index is 1010. The van der Waals surface area contributed by atoms with Gasteiger partial charge in [0.1, 0.15) is 5.82 Å². The van der Waals surface area contributed by atoms with E-state index in [0.717, 1.165) is 11.1 Å². The zero-order valence-electron chi connectivity index (χ0n) is 15.9. The second-order valence-corrected chi connectivity index (χ2v) is 7.39. The van der Waals surface area contributed by atoms with Crippen molar-refractivity contribution in [3.63, 3.8) is 0 Å². The van der Waals surface area contributed by atoms with Crippen molar-refractivity contribution in [1.29, 1.82) is 0 Å². The summed E-state index contributed by atoms with van der Waals surface area (Å²) >= 11 is 0. The monoisotopic (exact) mass is 393 g/mol. The van der Waals surface area contributed by atoms with Crippen molar-refractivity contribution >= 4 is 17.7 Å². The summed E-state index contributed by atoms with van der Waals surface area (Å²) in [6.45, 7) is 0. The lowest BCUT2D eigenvalue weighted by Gasteiger charge is -2.34. The van der Waals surface area contributed by atoms with Gasteiger partial charge in [0.15, 0.2) is 5.78 Å². The number of amides is 1. The molecule has 0 radical (unpaired) electrons. The van der Waals surface area contributed by atoms with Crippen LogP contribution in [0.4, 0.5) is 4.39 Å². The molecular weight excluding hydrogens is 373 g/mol. The summed E-state index contributed by atoms with van der Waals surface area (Å²) < 4.78 is 17.9. The third-order valence-electron chi connectivity index (χ3n) is 5.61. The van der Waals surface area contributed by atoms with E-state index in [1.54, 1.807) is 36.4 Å². The Morgan fingerprint density at radius 1 is 0.966 bits per heavy atom. The number of allylic oxidation sites excluding steroid dienone is 2. The molecule has 1 aliphatic heterocycles. The van der Waals surface area contributed by atoms with Gasteiger partial charge in [-0.3, -0.25) is 9.59 Å². The third-order valence-corrected chi connectivity index (χ3v) is 5.61. The average molecular weight is 393 g/mol. The van der Waals surface area contributed by atoms with Crippen LogP contribution in [0.25, 0.3) is 0 Å². The van der Waals surface area contributed by atoms with Gasteiger partial charge in [-0.2, -0.15) is 0 Å². The van der Waals surface area contributed by atoms with Crippen molar-refractivity contribution in [3.05, 3.63) is 82.3 Å². The molecule has 2 atom stereocenters. The number of hydrogen-bond donors (Lipinski definition) is 1. The van der Waals surface area contributed by atoms with E-state index >= 15 is 0 Å². The Hall–Kier alpha value is -3.28. The number of carbonyl (C=O) groups is 3. The van der Waals surface area contributed by atoms with Gasteiger partial charge < -0.3 is 10.1 Å². The predicted molar refractivity (Wildman–Crippen MR) is 104 cm³/mol. The fraction of sp³-hybridized carbons (Fsp3) is 0.261. The first-order valence-electron chi connectivity index (χ1n) is 9.46. The molecule has 2 aromatic carbocycles. The van der Waals surface area contributed by atoms with Crippen LogP contribution in [0.1, 0.15) is 52.6 Å². The maximum atomic E-state index is 13.2. The second kappa shape index (κ2) is 7.62. The highest BCUT2D eigenvalue weighted by Crippen LogP contribution is 2.42. The zero-order chi connectivity index (χ0) is 20.5. The molecule has 0 saturated heterocycles. The van der Waals surface area contributed by atoms with E-state index in [1.165, 1.54) is 19.2 Å². The van der Waals surface area contributed by atoms with Crippen LogP contribution in [0.5, 0.6) is 0 Å². The Morgan fingerprint density at radius 2 is 1.62 bits per heavy atom. The van der Waals surface area contributed by atoms with Gasteiger partial charge in [-0.25, -0.2) is 9.18 Å². The van der Waals surface area contributed by atoms with E-state index in [-0.39, 0.29) is 35.8 Å². The van der Waals surface area contributed by atoms with Gasteiger partial charge in [0, 0.05) is 30.0 Å². The van der Waals surface area contributed by atoms with Gasteiger partial charge in [0.25, 0.3) is 0 Å². The van der Waals surface area contributed by atoms with Crippen LogP contribution in [0.2, 0.25) is 0 Å². The van der Waals surface area contributed by atoms with Crippen LogP contribution in [-0.2, 0) is 14.3 Å². The molecule has 0 aromatic heterocycles. The minimum Gasteiger partial charge on any atom is -0.465 e. The summed E-state index contributed by atoms with van der Waals surface area (Å²) in [5.74, 6) is -1.35. The van der Waals surface area contributed by atoms with Gasteiger partial charge in [0.05, 0.1) is 12.7 Å². The molecule has 2 aliphatic rings. The Kier molecular flexibility index (Phi) is 5.01. The maximum Gasteiger partial charge on any atom is 0.337 e. The van der Waals surface area contributed by atoms with Gasteiger partial charge in [0.2, 0.25) is 5.91 Å². The molecule has 1 N–H and O–H groups in total. The fourth-order valence-electron chi connectivity index (χ4n) is 4.18. The molecule has 1 heterocycles. The van der Waals surface area contributed by atoms with E-state index < -0.39 is 5.97 Å². The number of esters is 1. The number of Topliss-reactive ketones (excluding diaryl/α,β-unsaturated/α-hetero) is 1. The standard InChI is InChI=1S/C23H20FNO4/c1-29-23(28)15-4-2-14(3-5-15)18-12-21(27)25-19-10-16(11-20(26)22(18)19)13-6-8-17(24)9-7-13/h2-9,16,18H,10-12H2,1H3,(H,25,27). The normalized spacial score (nSPS) is 21.4. The third kappa shape index (κ3) is 3.70. The van der Waals surface area contributed by atoms with Crippen LogP contribution in [0, 0.1) is 5.82 Å². The first kappa shape index (κ1) is 19.1. The lowest BCUT2D eigenvalue weighted by atomic mass is 9.73. The van der Waals surface area contributed by atoms with Gasteiger partial charge in [-0.1, -0.05) is 24.3 Å². The molecule has 6 heteroatoms. The Balaban J connectivity index is 1.66. The highest BCUT2D eigenvalue weighted by Gasteiger charge is 2.38. The van der Waals surface area contributed by atoms with Crippen molar-refractivity contribution in [2.45, 2.75) is 31.1 Å². The fourth-order valence-corrected chi connectivity index (χ4v) is 4.18. The molecule has 2 aromatic rings. The number of rotatable bonds is 3. The number of nitrogens with one attached hydrogen (secondary N) is 1. The zero-order valence-corrected chi connectivity index (χ0v) is 15.9. The van der Waals surface area contributed by atoms with Crippen LogP contribution >= 0.6 is 0 Å². The lowest BCUT2D eigenvalue weighted by molar-refractivity contribution is -0.122. The Morgan fingerprint density at radius 3 is 2.28 bits per heavy atom. The van der Waals surface area contributed by atoms with Crippen molar-refractivity contribution in [1.82, 2.24) is 5.32 Å². The largest absolute Gasteiger partial charge is 0.465 e. The van der Waals surface area contributed by atoms with E-state index in [4.69, 9.17) is 4.74 Å². The van der Waals surface area contributed by atoms with E-state index in [2.05, 4.69) is 5.32 Å². The minimum atomic E-state index is -0.436. The highest BCUT2D eigenvalue weighted by molar-refractivity contribution is 6.02. The first-order valence-corrected chi connectivity index (χ1v) is 9.46. The summed E-state index contributed by atoms with van der Waals surface area (Å²) in [4.78, 5) is 37.0. The predicted octanol–water partition coefficient (Wildman–Crippen LogP) is 3.62. The van der Waals surface area contributed by atoms with Crippen LogP contribution in [0.15, 0.2) is 59.8 Å². The average Bonchev–Trinajstić information content (AvgIpc) is 2.72. The molecule has 4 rings (SSSR count). The summed E-state index contributed by atoms with van der Waals surface area (Å²) in [7, 11) is 1.32. The molecule has 0 saturated carbocycles. The lowest BCUT2D eigenvalue weighted by Crippen LogP contribution is -2.38. The smallest absolute Gasteiger partial charge is 0.337 e. The van der Waals surface area contributed by atoms with Crippen molar-refractivity contribution in [2.75, 3.05) is 7.11 Å². The van der Waals surface area contributed by atoms with Crippen molar-refractivity contribution in [3.8, 4) is 0 Å². The number of hydrogen-bond acceptors (Lipinski definition) is 4. The summed E-state index contributed by atoms with van der Waals surface area (Å²) in [5, 5.41) is 2.87. The molecule has 0 fully saturated rings. The maximum absolute atomic E-state index is 13.2. The molecule has 0 spiro atoms. The number of ether oxygens (including phenoxy) is 1. The Labute approximate surface area is 167 Å². The van der Waals surface area contributed by atoms with E-state index in [9.17, 15) is 18.8 Å². The quantitative estimate of drug-likeness (QED) is 0.809. The van der Waals surface area contributed by atoms with E-state index in [1.807, 2.05) is 0 Å². The molecular formula is C23H20FNO4. The molecule has 148 valence electrons. The number of carbonyl (C=O) groups excluding carboxylic acids is 3. The first-order chi connectivity index (χ1) is 14.0. The molecule has 5 nitrogen and oxygen atoms in total.